The summed E-state index contributed by atoms with van der Waals surface area (Å²) >= 11 is 0. The first-order valence-electron chi connectivity index (χ1n) is 5.46. The van der Waals surface area contributed by atoms with E-state index in [1.54, 1.807) is 24.5 Å². The third kappa shape index (κ3) is 3.00. The van der Waals surface area contributed by atoms with Gasteiger partial charge in [-0.15, -0.1) is 0 Å². The van der Waals surface area contributed by atoms with Crippen molar-refractivity contribution in [3.63, 3.8) is 0 Å². The Labute approximate surface area is 104 Å². The van der Waals surface area contributed by atoms with Gasteiger partial charge < -0.3 is 10.1 Å². The Bertz CT molecular complexity index is 531. The van der Waals surface area contributed by atoms with Crippen LogP contribution in [0.1, 0.15) is 17.4 Å². The van der Waals surface area contributed by atoms with Gasteiger partial charge in [0, 0.05) is 12.3 Å². The highest BCUT2D eigenvalue weighted by molar-refractivity contribution is 6.02. The first-order chi connectivity index (χ1) is 8.79. The number of nitrogens with zero attached hydrogens (tertiary/aromatic N) is 3. The number of nitrogens with one attached hydrogen (secondary N) is 1. The maximum Gasteiger partial charge on any atom is 0.274 e. The standard InChI is InChI=1S/C12H12N4O2/c1-2-18-11-6-10(14-8-15-11)12(17)16-9-4-3-5-13-7-9/h3-8H,2H2,1H3,(H,16,17). The minimum Gasteiger partial charge on any atom is -0.478 e. The highest BCUT2D eigenvalue weighted by Crippen LogP contribution is 2.09. The Morgan fingerprint density at radius 1 is 1.44 bits per heavy atom. The van der Waals surface area contributed by atoms with Gasteiger partial charge in [-0.3, -0.25) is 9.78 Å². The summed E-state index contributed by atoms with van der Waals surface area (Å²) in [5.74, 6) is 0.0511. The number of anilines is 1. The van der Waals surface area contributed by atoms with Crippen LogP contribution in [0, 0.1) is 0 Å². The second-order valence-electron chi connectivity index (χ2n) is 3.37. The molecule has 0 bridgehead atoms. The average molecular weight is 244 g/mol. The van der Waals surface area contributed by atoms with Crippen LogP contribution in [0.15, 0.2) is 36.9 Å². The second kappa shape index (κ2) is 5.72. The lowest BCUT2D eigenvalue weighted by molar-refractivity contribution is 0.102. The topological polar surface area (TPSA) is 77.0 Å². The van der Waals surface area contributed by atoms with Crippen LogP contribution in [0.2, 0.25) is 0 Å². The van der Waals surface area contributed by atoms with E-state index >= 15 is 0 Å². The molecule has 2 aromatic rings. The molecule has 0 unspecified atom stereocenters. The number of carbonyl (C=O) groups is 1. The van der Waals surface area contributed by atoms with Gasteiger partial charge in [-0.05, 0) is 19.1 Å². The minimum atomic E-state index is -0.327. The molecule has 6 nitrogen and oxygen atoms in total. The van der Waals surface area contributed by atoms with E-state index < -0.39 is 0 Å². The van der Waals surface area contributed by atoms with Crippen molar-refractivity contribution < 1.29 is 9.53 Å². The minimum absolute atomic E-state index is 0.248. The molecule has 2 aromatic heterocycles. The number of rotatable bonds is 4. The van der Waals surface area contributed by atoms with Gasteiger partial charge in [0.2, 0.25) is 5.88 Å². The van der Waals surface area contributed by atoms with Gasteiger partial charge in [0.05, 0.1) is 18.5 Å². The summed E-state index contributed by atoms with van der Waals surface area (Å²) in [6.07, 6.45) is 4.49. The van der Waals surface area contributed by atoms with Crippen molar-refractivity contribution in [3.8, 4) is 5.88 Å². The number of amides is 1. The Morgan fingerprint density at radius 3 is 3.06 bits per heavy atom. The number of aromatic nitrogens is 3. The Morgan fingerprint density at radius 2 is 2.33 bits per heavy atom. The molecule has 1 N–H and O–H groups in total. The largest absolute Gasteiger partial charge is 0.478 e. The molecule has 0 aliphatic heterocycles. The van der Waals surface area contributed by atoms with Crippen molar-refractivity contribution in [3.05, 3.63) is 42.6 Å². The number of hydrogen-bond acceptors (Lipinski definition) is 5. The summed E-state index contributed by atoms with van der Waals surface area (Å²) in [6.45, 7) is 2.33. The summed E-state index contributed by atoms with van der Waals surface area (Å²) in [4.78, 5) is 23.6. The zero-order chi connectivity index (χ0) is 12.8. The molecular weight excluding hydrogens is 232 g/mol. The predicted octanol–water partition coefficient (Wildman–Crippen LogP) is 1.52. The van der Waals surface area contributed by atoms with Gasteiger partial charge in [0.15, 0.2) is 0 Å². The summed E-state index contributed by atoms with van der Waals surface area (Å²) in [5.41, 5.74) is 0.858. The zero-order valence-electron chi connectivity index (χ0n) is 9.83. The van der Waals surface area contributed by atoms with Gasteiger partial charge in [0.25, 0.3) is 5.91 Å². The molecule has 18 heavy (non-hydrogen) atoms. The van der Waals surface area contributed by atoms with E-state index in [0.717, 1.165) is 0 Å². The highest BCUT2D eigenvalue weighted by Gasteiger charge is 2.09. The number of hydrogen-bond donors (Lipinski definition) is 1. The van der Waals surface area contributed by atoms with Gasteiger partial charge in [0.1, 0.15) is 12.0 Å². The summed E-state index contributed by atoms with van der Waals surface area (Å²) in [7, 11) is 0. The molecule has 0 saturated heterocycles. The SMILES string of the molecule is CCOc1cc(C(=O)Nc2cccnc2)ncn1. The monoisotopic (exact) mass is 244 g/mol. The van der Waals surface area contributed by atoms with Crippen LogP contribution in [0.25, 0.3) is 0 Å². The van der Waals surface area contributed by atoms with Gasteiger partial charge >= 0.3 is 0 Å². The summed E-state index contributed by atoms with van der Waals surface area (Å²) in [6, 6.07) is 4.98. The van der Waals surface area contributed by atoms with Crippen molar-refractivity contribution in [1.29, 1.82) is 0 Å². The average Bonchev–Trinajstić information content (AvgIpc) is 2.40. The quantitative estimate of drug-likeness (QED) is 0.882. The van der Waals surface area contributed by atoms with Crippen molar-refractivity contribution in [1.82, 2.24) is 15.0 Å². The van der Waals surface area contributed by atoms with Crippen molar-refractivity contribution >= 4 is 11.6 Å². The smallest absolute Gasteiger partial charge is 0.274 e. The van der Waals surface area contributed by atoms with Crippen LogP contribution in [-0.4, -0.2) is 27.5 Å². The third-order valence-electron chi connectivity index (χ3n) is 2.09. The first-order valence-corrected chi connectivity index (χ1v) is 5.46. The van der Waals surface area contributed by atoms with E-state index in [0.29, 0.717) is 18.2 Å². The van der Waals surface area contributed by atoms with Crippen LogP contribution in [0.3, 0.4) is 0 Å². The van der Waals surface area contributed by atoms with E-state index in [4.69, 9.17) is 4.74 Å². The predicted molar refractivity (Wildman–Crippen MR) is 65.4 cm³/mol. The second-order valence-corrected chi connectivity index (χ2v) is 3.37. The lowest BCUT2D eigenvalue weighted by atomic mass is 10.3. The lowest BCUT2D eigenvalue weighted by Gasteiger charge is -2.05. The molecule has 0 fully saturated rings. The van der Waals surface area contributed by atoms with Crippen LogP contribution < -0.4 is 10.1 Å². The van der Waals surface area contributed by atoms with Gasteiger partial charge in [-0.25, -0.2) is 9.97 Å². The molecule has 6 heteroatoms. The Balaban J connectivity index is 2.11. The van der Waals surface area contributed by atoms with E-state index in [1.165, 1.54) is 12.4 Å². The molecular formula is C12H12N4O2. The molecule has 2 rings (SSSR count). The molecule has 0 radical (unpaired) electrons. The molecule has 0 aliphatic carbocycles. The summed E-state index contributed by atoms with van der Waals surface area (Å²) < 4.78 is 5.20. The zero-order valence-corrected chi connectivity index (χ0v) is 9.83. The van der Waals surface area contributed by atoms with E-state index in [1.807, 2.05) is 6.92 Å². The van der Waals surface area contributed by atoms with Gasteiger partial charge in [-0.2, -0.15) is 0 Å². The number of pyridine rings is 1. The molecule has 0 atom stereocenters. The molecule has 0 aromatic carbocycles. The van der Waals surface area contributed by atoms with Gasteiger partial charge in [-0.1, -0.05) is 0 Å². The lowest BCUT2D eigenvalue weighted by Crippen LogP contribution is -2.14. The van der Waals surface area contributed by atoms with E-state index in [9.17, 15) is 4.79 Å². The molecule has 0 saturated carbocycles. The molecule has 92 valence electrons. The number of carbonyl (C=O) groups excluding carboxylic acids is 1. The van der Waals surface area contributed by atoms with Crippen molar-refractivity contribution in [2.75, 3.05) is 11.9 Å². The van der Waals surface area contributed by atoms with E-state index in [2.05, 4.69) is 20.3 Å². The van der Waals surface area contributed by atoms with Crippen LogP contribution in [-0.2, 0) is 0 Å². The van der Waals surface area contributed by atoms with Crippen LogP contribution in [0.4, 0.5) is 5.69 Å². The Kier molecular flexibility index (Phi) is 3.80. The normalized spacial score (nSPS) is 9.83. The first kappa shape index (κ1) is 12.0. The van der Waals surface area contributed by atoms with Crippen molar-refractivity contribution in [2.45, 2.75) is 6.92 Å². The third-order valence-corrected chi connectivity index (χ3v) is 2.09. The number of ether oxygens (including phenoxy) is 1. The molecule has 1 amide bonds. The van der Waals surface area contributed by atoms with Crippen LogP contribution in [0.5, 0.6) is 5.88 Å². The van der Waals surface area contributed by atoms with Crippen molar-refractivity contribution in [2.24, 2.45) is 0 Å². The molecule has 0 spiro atoms. The molecule has 2 heterocycles. The molecule has 0 aliphatic rings. The van der Waals surface area contributed by atoms with E-state index in [-0.39, 0.29) is 11.6 Å². The maximum absolute atomic E-state index is 11.9. The highest BCUT2D eigenvalue weighted by atomic mass is 16.5. The Hall–Kier alpha value is -2.50. The summed E-state index contributed by atoms with van der Waals surface area (Å²) in [5, 5.41) is 2.68. The maximum atomic E-state index is 11.9. The fourth-order valence-electron chi connectivity index (χ4n) is 1.32. The fourth-order valence-corrected chi connectivity index (χ4v) is 1.32. The van der Waals surface area contributed by atoms with Crippen LogP contribution >= 0.6 is 0 Å². The fraction of sp³-hybridized carbons (Fsp3) is 0.167.